The van der Waals surface area contributed by atoms with Gasteiger partial charge in [0.1, 0.15) is 19.3 Å². The van der Waals surface area contributed by atoms with Crippen molar-refractivity contribution in [2.75, 3.05) is 13.2 Å². The lowest BCUT2D eigenvalue weighted by molar-refractivity contribution is -0.138. The number of carbonyl (C=O) groups is 2. The van der Waals surface area contributed by atoms with Gasteiger partial charge < -0.3 is 20.3 Å². The summed E-state index contributed by atoms with van der Waals surface area (Å²) in [7, 11) is 0. The van der Waals surface area contributed by atoms with Crippen LogP contribution in [0.3, 0.4) is 0 Å². The Morgan fingerprint density at radius 2 is 1.94 bits per heavy atom. The summed E-state index contributed by atoms with van der Waals surface area (Å²) in [4.78, 5) is 22.4. The minimum absolute atomic E-state index is 0.241. The SMILES string of the molecule is NC(CC(=O)c1ccc2c(c1)OCCO2)C(=O)O. The maximum atomic E-state index is 11.8. The van der Waals surface area contributed by atoms with Gasteiger partial charge in [-0.05, 0) is 18.2 Å². The first-order chi connectivity index (χ1) is 8.58. The molecule has 6 heteroatoms. The van der Waals surface area contributed by atoms with Crippen LogP contribution in [0, 0.1) is 0 Å². The van der Waals surface area contributed by atoms with Gasteiger partial charge in [-0.25, -0.2) is 0 Å². The molecule has 1 atom stereocenters. The standard InChI is InChI=1S/C12H13NO5/c13-8(12(15)16)6-9(14)7-1-2-10-11(5-7)18-4-3-17-10/h1-2,5,8H,3-4,6,13H2,(H,15,16). The molecule has 1 aliphatic heterocycles. The quantitative estimate of drug-likeness (QED) is 0.753. The predicted octanol–water partition coefficient (Wildman–Crippen LogP) is 0.442. The number of carboxylic acid groups (broad SMARTS) is 1. The summed E-state index contributed by atoms with van der Waals surface area (Å²) in [6.07, 6.45) is -0.241. The molecule has 1 aliphatic rings. The molecule has 6 nitrogen and oxygen atoms in total. The van der Waals surface area contributed by atoms with E-state index in [-0.39, 0.29) is 12.2 Å². The van der Waals surface area contributed by atoms with Gasteiger partial charge >= 0.3 is 5.97 Å². The Bertz CT molecular complexity index is 485. The number of carboxylic acids is 1. The van der Waals surface area contributed by atoms with Crippen molar-refractivity contribution in [1.82, 2.24) is 0 Å². The molecule has 18 heavy (non-hydrogen) atoms. The molecular weight excluding hydrogens is 238 g/mol. The zero-order chi connectivity index (χ0) is 13.1. The van der Waals surface area contributed by atoms with Crippen LogP contribution in [0.4, 0.5) is 0 Å². The molecule has 0 saturated carbocycles. The van der Waals surface area contributed by atoms with Gasteiger partial charge in [-0.3, -0.25) is 9.59 Å². The number of hydrogen-bond donors (Lipinski definition) is 2. The summed E-state index contributed by atoms with van der Waals surface area (Å²) in [6.45, 7) is 0.906. The van der Waals surface area contributed by atoms with Crippen molar-refractivity contribution < 1.29 is 24.2 Å². The van der Waals surface area contributed by atoms with Crippen LogP contribution in [0.2, 0.25) is 0 Å². The molecule has 0 bridgehead atoms. The summed E-state index contributed by atoms with van der Waals surface area (Å²) in [5.41, 5.74) is 5.69. The number of carbonyl (C=O) groups excluding carboxylic acids is 1. The Labute approximate surface area is 103 Å². The van der Waals surface area contributed by atoms with E-state index in [1.165, 1.54) is 0 Å². The number of Topliss-reactive ketones (excluding diaryl/α,β-unsaturated/α-hetero) is 1. The number of benzene rings is 1. The number of hydrogen-bond acceptors (Lipinski definition) is 5. The van der Waals surface area contributed by atoms with E-state index in [2.05, 4.69) is 0 Å². The first-order valence-corrected chi connectivity index (χ1v) is 5.49. The molecule has 0 aromatic heterocycles. The molecule has 0 amide bonds. The average molecular weight is 251 g/mol. The summed E-state index contributed by atoms with van der Waals surface area (Å²) in [5, 5.41) is 8.65. The van der Waals surface area contributed by atoms with Crippen molar-refractivity contribution in [3.8, 4) is 11.5 Å². The van der Waals surface area contributed by atoms with Crippen LogP contribution >= 0.6 is 0 Å². The topological polar surface area (TPSA) is 98.9 Å². The third-order valence-corrected chi connectivity index (χ3v) is 2.59. The highest BCUT2D eigenvalue weighted by Crippen LogP contribution is 2.31. The van der Waals surface area contributed by atoms with Crippen LogP contribution < -0.4 is 15.2 Å². The molecule has 0 spiro atoms. The van der Waals surface area contributed by atoms with Crippen LogP contribution in [0.5, 0.6) is 11.5 Å². The van der Waals surface area contributed by atoms with E-state index in [1.807, 2.05) is 0 Å². The van der Waals surface area contributed by atoms with Gasteiger partial charge in [-0.15, -0.1) is 0 Å². The highest BCUT2D eigenvalue weighted by molar-refractivity contribution is 5.99. The molecule has 0 aliphatic carbocycles. The van der Waals surface area contributed by atoms with Crippen LogP contribution in [-0.4, -0.2) is 36.1 Å². The van der Waals surface area contributed by atoms with Crippen molar-refractivity contribution in [3.63, 3.8) is 0 Å². The van der Waals surface area contributed by atoms with E-state index in [4.69, 9.17) is 20.3 Å². The van der Waals surface area contributed by atoms with Crippen molar-refractivity contribution >= 4 is 11.8 Å². The Balaban J connectivity index is 2.13. The summed E-state index contributed by atoms with van der Waals surface area (Å²) in [6, 6.07) is 3.56. The fourth-order valence-corrected chi connectivity index (χ4v) is 1.62. The van der Waals surface area contributed by atoms with Gasteiger partial charge in [0.25, 0.3) is 0 Å². The number of fused-ring (bicyclic) bond motifs is 1. The number of aliphatic carboxylic acids is 1. The van der Waals surface area contributed by atoms with Gasteiger partial charge in [0.2, 0.25) is 0 Å². The minimum Gasteiger partial charge on any atom is -0.486 e. The normalized spacial score (nSPS) is 14.9. The first-order valence-electron chi connectivity index (χ1n) is 5.49. The Hall–Kier alpha value is -2.08. The van der Waals surface area contributed by atoms with Gasteiger partial charge in [0.15, 0.2) is 17.3 Å². The zero-order valence-corrected chi connectivity index (χ0v) is 9.59. The van der Waals surface area contributed by atoms with E-state index in [0.29, 0.717) is 30.3 Å². The van der Waals surface area contributed by atoms with Crippen molar-refractivity contribution in [2.24, 2.45) is 5.73 Å². The van der Waals surface area contributed by atoms with Gasteiger partial charge in [-0.1, -0.05) is 0 Å². The molecule has 1 aromatic carbocycles. The molecular formula is C12H13NO5. The fourth-order valence-electron chi connectivity index (χ4n) is 1.62. The lowest BCUT2D eigenvalue weighted by Gasteiger charge is -2.18. The number of nitrogens with two attached hydrogens (primary N) is 1. The molecule has 96 valence electrons. The molecule has 0 fully saturated rings. The predicted molar refractivity (Wildman–Crippen MR) is 62.0 cm³/mol. The maximum absolute atomic E-state index is 11.8. The minimum atomic E-state index is -1.19. The molecule has 2 rings (SSSR count). The monoisotopic (exact) mass is 251 g/mol. The number of ether oxygens (including phenoxy) is 2. The maximum Gasteiger partial charge on any atom is 0.320 e. The highest BCUT2D eigenvalue weighted by Gasteiger charge is 2.19. The molecule has 1 aromatic rings. The number of ketones is 1. The van der Waals surface area contributed by atoms with Crippen molar-refractivity contribution in [3.05, 3.63) is 23.8 Å². The Morgan fingerprint density at radius 1 is 1.28 bits per heavy atom. The van der Waals surface area contributed by atoms with Crippen LogP contribution in [0.15, 0.2) is 18.2 Å². The lowest BCUT2D eigenvalue weighted by Crippen LogP contribution is -2.32. The third kappa shape index (κ3) is 2.60. The Morgan fingerprint density at radius 3 is 2.61 bits per heavy atom. The number of rotatable bonds is 4. The van der Waals surface area contributed by atoms with E-state index in [0.717, 1.165) is 0 Å². The average Bonchev–Trinajstić information content (AvgIpc) is 2.37. The summed E-state index contributed by atoms with van der Waals surface area (Å²) >= 11 is 0. The molecule has 0 radical (unpaired) electrons. The van der Waals surface area contributed by atoms with E-state index in [1.54, 1.807) is 18.2 Å². The van der Waals surface area contributed by atoms with Crippen LogP contribution in [0.1, 0.15) is 16.8 Å². The van der Waals surface area contributed by atoms with E-state index < -0.39 is 12.0 Å². The molecule has 0 saturated heterocycles. The summed E-state index contributed by atoms with van der Waals surface area (Å²) < 4.78 is 10.7. The van der Waals surface area contributed by atoms with Crippen LogP contribution in [-0.2, 0) is 4.79 Å². The Kier molecular flexibility index (Phi) is 3.47. The van der Waals surface area contributed by atoms with Crippen molar-refractivity contribution in [2.45, 2.75) is 12.5 Å². The van der Waals surface area contributed by atoms with E-state index >= 15 is 0 Å². The lowest BCUT2D eigenvalue weighted by atomic mass is 10.0. The fraction of sp³-hybridized carbons (Fsp3) is 0.333. The largest absolute Gasteiger partial charge is 0.486 e. The smallest absolute Gasteiger partial charge is 0.320 e. The summed E-state index contributed by atoms with van der Waals surface area (Å²) in [5.74, 6) is -0.445. The second-order valence-corrected chi connectivity index (χ2v) is 3.93. The highest BCUT2D eigenvalue weighted by atomic mass is 16.6. The zero-order valence-electron chi connectivity index (χ0n) is 9.59. The first kappa shape index (κ1) is 12.4. The molecule has 1 unspecified atom stereocenters. The second kappa shape index (κ2) is 5.05. The van der Waals surface area contributed by atoms with Gasteiger partial charge in [0.05, 0.1) is 0 Å². The van der Waals surface area contributed by atoms with Crippen LogP contribution in [0.25, 0.3) is 0 Å². The van der Waals surface area contributed by atoms with E-state index in [9.17, 15) is 9.59 Å². The molecule has 1 heterocycles. The van der Waals surface area contributed by atoms with Gasteiger partial charge in [0, 0.05) is 12.0 Å². The molecule has 3 N–H and O–H groups in total. The second-order valence-electron chi connectivity index (χ2n) is 3.93. The van der Waals surface area contributed by atoms with Crippen molar-refractivity contribution in [1.29, 1.82) is 0 Å². The third-order valence-electron chi connectivity index (χ3n) is 2.59. The van der Waals surface area contributed by atoms with Gasteiger partial charge in [-0.2, -0.15) is 0 Å².